The van der Waals surface area contributed by atoms with E-state index in [2.05, 4.69) is 172 Å². The lowest BCUT2D eigenvalue weighted by molar-refractivity contribution is 0.660. The first-order chi connectivity index (χ1) is 22.1. The van der Waals surface area contributed by atoms with Gasteiger partial charge in [-0.3, -0.25) is 0 Å². The Kier molecular flexibility index (Phi) is 5.64. The van der Waals surface area contributed by atoms with Crippen LogP contribution in [0, 0.1) is 0 Å². The number of hydrogen-bond donors (Lipinski definition) is 0. The molecule has 0 amide bonds. The fourth-order valence-electron chi connectivity index (χ4n) is 7.82. The van der Waals surface area contributed by atoms with Crippen molar-refractivity contribution < 1.29 is 0 Å². The molecule has 0 saturated carbocycles. The van der Waals surface area contributed by atoms with Crippen molar-refractivity contribution in [3.8, 4) is 44.5 Å². The van der Waals surface area contributed by atoms with Crippen LogP contribution in [0.4, 0.5) is 0 Å². The van der Waals surface area contributed by atoms with E-state index in [4.69, 9.17) is 0 Å². The van der Waals surface area contributed by atoms with Crippen LogP contribution in [-0.4, -0.2) is 0 Å². The Labute approximate surface area is 264 Å². The van der Waals surface area contributed by atoms with Gasteiger partial charge in [-0.1, -0.05) is 153 Å². The highest BCUT2D eigenvalue weighted by Gasteiger charge is 2.35. The molecule has 0 unspecified atom stereocenters. The monoisotopic (exact) mass is 572 g/mol. The van der Waals surface area contributed by atoms with E-state index in [1.54, 1.807) is 0 Å². The lowest BCUT2D eigenvalue weighted by Crippen LogP contribution is -2.14. The van der Waals surface area contributed by atoms with Crippen LogP contribution in [0.25, 0.3) is 76.8 Å². The largest absolute Gasteiger partial charge is 0.0622 e. The van der Waals surface area contributed by atoms with Crippen molar-refractivity contribution in [2.24, 2.45) is 0 Å². The maximum absolute atomic E-state index is 2.46. The lowest BCUT2D eigenvalue weighted by atomic mass is 9.80. The second kappa shape index (κ2) is 9.78. The summed E-state index contributed by atoms with van der Waals surface area (Å²) in [6.45, 7) is 4.73. The molecular weight excluding hydrogens is 540 g/mol. The zero-order valence-corrected chi connectivity index (χ0v) is 25.5. The van der Waals surface area contributed by atoms with E-state index >= 15 is 0 Å². The van der Waals surface area contributed by atoms with Gasteiger partial charge in [0.1, 0.15) is 0 Å². The molecule has 0 aliphatic heterocycles. The van der Waals surface area contributed by atoms with Gasteiger partial charge in [-0.05, 0) is 106 Å². The highest BCUT2D eigenvalue weighted by molar-refractivity contribution is 6.21. The highest BCUT2D eigenvalue weighted by Crippen LogP contribution is 2.51. The van der Waals surface area contributed by atoms with Crippen molar-refractivity contribution in [3.63, 3.8) is 0 Å². The second-order valence-corrected chi connectivity index (χ2v) is 12.9. The molecule has 0 atom stereocenters. The fourth-order valence-corrected chi connectivity index (χ4v) is 7.82. The predicted octanol–water partition coefficient (Wildman–Crippen LogP) is 12.5. The molecule has 0 N–H and O–H groups in total. The van der Waals surface area contributed by atoms with Crippen molar-refractivity contribution in [2.45, 2.75) is 19.3 Å². The van der Waals surface area contributed by atoms with Gasteiger partial charge in [0.15, 0.2) is 0 Å². The number of hydrogen-bond acceptors (Lipinski definition) is 0. The minimum atomic E-state index is -0.0427. The molecule has 0 heteroatoms. The average Bonchev–Trinajstić information content (AvgIpc) is 3.32. The number of fused-ring (bicyclic) bond motifs is 6. The molecule has 8 aromatic carbocycles. The molecular formula is C45H32. The van der Waals surface area contributed by atoms with Crippen LogP contribution in [0.1, 0.15) is 25.0 Å². The van der Waals surface area contributed by atoms with E-state index in [0.717, 1.165) is 0 Å². The van der Waals surface area contributed by atoms with E-state index in [-0.39, 0.29) is 5.41 Å². The van der Waals surface area contributed by atoms with Gasteiger partial charge in [0.25, 0.3) is 0 Å². The average molecular weight is 573 g/mol. The van der Waals surface area contributed by atoms with Crippen LogP contribution in [0.5, 0.6) is 0 Å². The number of benzene rings is 8. The standard InChI is InChI=1S/C45H32/c1-45(2)41-19-11-10-14-35(41)36-25-24-34(28-42(36)45)44-39-17-8-6-15-37(39)43(38-16-7-9-18-40(38)44)33-23-22-31-26-30(20-21-32(31)27-33)29-12-4-3-5-13-29/h3-28H,1-2H3. The summed E-state index contributed by atoms with van der Waals surface area (Å²) >= 11 is 0. The maximum Gasteiger partial charge on any atom is 0.0159 e. The van der Waals surface area contributed by atoms with Crippen LogP contribution in [0.15, 0.2) is 158 Å². The smallest absolute Gasteiger partial charge is 0.0159 e. The van der Waals surface area contributed by atoms with Crippen LogP contribution in [0.3, 0.4) is 0 Å². The third kappa shape index (κ3) is 3.92. The minimum Gasteiger partial charge on any atom is -0.0622 e. The van der Waals surface area contributed by atoms with Crippen molar-refractivity contribution in [3.05, 3.63) is 169 Å². The van der Waals surface area contributed by atoms with E-state index in [0.29, 0.717) is 0 Å². The Hall–Kier alpha value is -5.46. The quantitative estimate of drug-likeness (QED) is 0.185. The molecule has 0 spiro atoms. The van der Waals surface area contributed by atoms with Crippen LogP contribution in [0.2, 0.25) is 0 Å². The molecule has 8 aromatic rings. The summed E-state index contributed by atoms with van der Waals surface area (Å²) in [6, 6.07) is 58.4. The Morgan fingerprint density at radius 3 is 1.44 bits per heavy atom. The van der Waals surface area contributed by atoms with Crippen molar-refractivity contribution in [2.75, 3.05) is 0 Å². The Balaban J connectivity index is 1.26. The zero-order valence-electron chi connectivity index (χ0n) is 25.5. The summed E-state index contributed by atoms with van der Waals surface area (Å²) in [5.41, 5.74) is 13.1. The molecule has 9 rings (SSSR count). The molecule has 0 saturated heterocycles. The first kappa shape index (κ1) is 26.0. The van der Waals surface area contributed by atoms with E-state index in [1.165, 1.54) is 88.0 Å². The summed E-state index contributed by atoms with van der Waals surface area (Å²) < 4.78 is 0. The van der Waals surface area contributed by atoms with Crippen molar-refractivity contribution in [1.82, 2.24) is 0 Å². The molecule has 0 radical (unpaired) electrons. The van der Waals surface area contributed by atoms with Crippen molar-refractivity contribution >= 4 is 32.3 Å². The minimum absolute atomic E-state index is 0.0427. The van der Waals surface area contributed by atoms with Gasteiger partial charge < -0.3 is 0 Å². The fraction of sp³-hybridized carbons (Fsp3) is 0.0667. The Morgan fingerprint density at radius 1 is 0.333 bits per heavy atom. The lowest BCUT2D eigenvalue weighted by Gasteiger charge is -2.23. The maximum atomic E-state index is 2.46. The Morgan fingerprint density at radius 2 is 0.800 bits per heavy atom. The normalized spacial score (nSPS) is 13.3. The first-order valence-corrected chi connectivity index (χ1v) is 15.9. The molecule has 0 bridgehead atoms. The molecule has 1 aliphatic rings. The third-order valence-electron chi connectivity index (χ3n) is 10.0. The zero-order chi connectivity index (χ0) is 30.1. The van der Waals surface area contributed by atoms with Crippen molar-refractivity contribution in [1.29, 1.82) is 0 Å². The summed E-state index contributed by atoms with van der Waals surface area (Å²) in [4.78, 5) is 0. The summed E-state index contributed by atoms with van der Waals surface area (Å²) in [6.07, 6.45) is 0. The summed E-state index contributed by atoms with van der Waals surface area (Å²) in [5, 5.41) is 7.67. The van der Waals surface area contributed by atoms with Gasteiger partial charge in [0, 0.05) is 5.41 Å². The van der Waals surface area contributed by atoms with E-state index < -0.39 is 0 Å². The molecule has 45 heavy (non-hydrogen) atoms. The van der Waals surface area contributed by atoms with Gasteiger partial charge in [0.05, 0.1) is 0 Å². The molecule has 0 nitrogen and oxygen atoms in total. The van der Waals surface area contributed by atoms with Gasteiger partial charge in [-0.15, -0.1) is 0 Å². The van der Waals surface area contributed by atoms with Crippen LogP contribution in [-0.2, 0) is 5.41 Å². The summed E-state index contributed by atoms with van der Waals surface area (Å²) in [5.74, 6) is 0. The first-order valence-electron chi connectivity index (χ1n) is 15.9. The van der Waals surface area contributed by atoms with Gasteiger partial charge >= 0.3 is 0 Å². The number of rotatable bonds is 3. The Bertz CT molecular complexity index is 2390. The van der Waals surface area contributed by atoms with Gasteiger partial charge in [0.2, 0.25) is 0 Å². The molecule has 0 heterocycles. The molecule has 212 valence electrons. The molecule has 0 fully saturated rings. The molecule has 1 aliphatic carbocycles. The summed E-state index contributed by atoms with van der Waals surface area (Å²) in [7, 11) is 0. The van der Waals surface area contributed by atoms with Gasteiger partial charge in [-0.25, -0.2) is 0 Å². The highest BCUT2D eigenvalue weighted by atomic mass is 14.4. The third-order valence-corrected chi connectivity index (χ3v) is 10.0. The second-order valence-electron chi connectivity index (χ2n) is 12.9. The van der Waals surface area contributed by atoms with Crippen LogP contribution < -0.4 is 0 Å². The topological polar surface area (TPSA) is 0 Å². The van der Waals surface area contributed by atoms with Crippen LogP contribution >= 0.6 is 0 Å². The van der Waals surface area contributed by atoms with E-state index in [9.17, 15) is 0 Å². The molecule has 0 aromatic heterocycles. The SMILES string of the molecule is CC1(C)c2ccccc2-c2ccc(-c3c4ccccc4c(-c4ccc5cc(-c6ccccc6)ccc5c4)c4ccccc34)cc21. The van der Waals surface area contributed by atoms with Gasteiger partial charge in [-0.2, -0.15) is 0 Å². The predicted molar refractivity (Wildman–Crippen MR) is 193 cm³/mol. The van der Waals surface area contributed by atoms with E-state index in [1.807, 2.05) is 0 Å².